The molecule has 0 radical (unpaired) electrons. The normalized spacial score (nSPS) is 16.2. The van der Waals surface area contributed by atoms with Gasteiger partial charge >= 0.3 is 6.09 Å². The predicted octanol–water partition coefficient (Wildman–Crippen LogP) is 5.47. The molecule has 4 N–H and O–H groups in total. The summed E-state index contributed by atoms with van der Waals surface area (Å²) in [6, 6.07) is 20.4. The quantitative estimate of drug-likeness (QED) is 0.149. The van der Waals surface area contributed by atoms with Crippen LogP contribution in [-0.4, -0.2) is 39.4 Å². The molecule has 1 aliphatic rings. The fraction of sp³-hybridized carbons (Fsp3) is 0.333. The summed E-state index contributed by atoms with van der Waals surface area (Å²) in [6.45, 7) is 0.964. The van der Waals surface area contributed by atoms with Crippen LogP contribution < -0.4 is 16.0 Å². The van der Waals surface area contributed by atoms with Gasteiger partial charge < -0.3 is 25.7 Å². The van der Waals surface area contributed by atoms with E-state index >= 15 is 0 Å². The lowest BCUT2D eigenvalue weighted by molar-refractivity contribution is -0.127. The fourth-order valence-electron chi connectivity index (χ4n) is 5.69. The number of aromatic amines is 1. The van der Waals surface area contributed by atoms with Gasteiger partial charge in [-0.05, 0) is 67.9 Å². The zero-order chi connectivity index (χ0) is 33.7. The van der Waals surface area contributed by atoms with Crippen molar-refractivity contribution in [3.05, 3.63) is 108 Å². The van der Waals surface area contributed by atoms with E-state index in [1.54, 1.807) is 24.5 Å². The Morgan fingerprint density at radius 2 is 1.79 bits per heavy atom. The van der Waals surface area contributed by atoms with E-state index in [1.807, 2.05) is 48.5 Å². The number of pyridine rings is 1. The fourth-order valence-corrected chi connectivity index (χ4v) is 5.69. The van der Waals surface area contributed by atoms with Crippen LogP contribution in [0.25, 0.3) is 11.3 Å². The van der Waals surface area contributed by atoms with E-state index in [0.717, 1.165) is 24.1 Å². The highest BCUT2D eigenvalue weighted by molar-refractivity contribution is 5.79. The van der Waals surface area contributed by atoms with Gasteiger partial charge in [0, 0.05) is 30.6 Å². The Hall–Kier alpha value is -5.57. The minimum atomic E-state index is -0.643. The molecule has 1 atom stereocenters. The number of ether oxygens (including phenoxy) is 1. The van der Waals surface area contributed by atoms with Crippen molar-refractivity contribution in [2.75, 3.05) is 6.54 Å². The van der Waals surface area contributed by atoms with Gasteiger partial charge in [-0.3, -0.25) is 14.6 Å². The van der Waals surface area contributed by atoms with Gasteiger partial charge in [0.25, 0.3) is 0 Å². The summed E-state index contributed by atoms with van der Waals surface area (Å²) in [7, 11) is 0. The Labute approximate surface area is 278 Å². The van der Waals surface area contributed by atoms with Gasteiger partial charge in [-0.15, -0.1) is 0 Å². The van der Waals surface area contributed by atoms with Crippen molar-refractivity contribution < 1.29 is 23.5 Å². The lowest BCUT2D eigenvalue weighted by Crippen LogP contribution is -2.38. The zero-order valence-electron chi connectivity index (χ0n) is 26.5. The highest BCUT2D eigenvalue weighted by Gasteiger charge is 2.29. The summed E-state index contributed by atoms with van der Waals surface area (Å²) in [6.07, 6.45) is 5.99. The topological polar surface area (TPSA) is 162 Å². The van der Waals surface area contributed by atoms with E-state index in [0.29, 0.717) is 36.5 Å². The summed E-state index contributed by atoms with van der Waals surface area (Å²) in [4.78, 5) is 50.3. The number of imidazole rings is 1. The number of nitrogens with one attached hydrogen (secondary N) is 4. The molecular formula is C36H38FN7O4. The predicted molar refractivity (Wildman–Crippen MR) is 175 cm³/mol. The molecule has 11 nitrogen and oxygen atoms in total. The number of carbonyl (C=O) groups excluding carboxylic acids is 3. The number of halogens is 1. The molecule has 1 saturated carbocycles. The monoisotopic (exact) mass is 651 g/mol. The number of benzene rings is 2. The third-order valence-electron chi connectivity index (χ3n) is 8.46. The Bertz CT molecular complexity index is 1720. The van der Waals surface area contributed by atoms with E-state index in [4.69, 9.17) is 10.00 Å². The molecule has 48 heavy (non-hydrogen) atoms. The molecule has 3 amide bonds. The van der Waals surface area contributed by atoms with Crippen LogP contribution in [0.4, 0.5) is 9.18 Å². The van der Waals surface area contributed by atoms with Crippen LogP contribution in [0.3, 0.4) is 0 Å². The number of carbonyl (C=O) groups is 3. The van der Waals surface area contributed by atoms with Crippen molar-refractivity contribution in [3.8, 4) is 17.3 Å². The average Bonchev–Trinajstić information content (AvgIpc) is 3.62. The highest BCUT2D eigenvalue weighted by Crippen LogP contribution is 2.30. The van der Waals surface area contributed by atoms with E-state index in [-0.39, 0.29) is 55.2 Å². The van der Waals surface area contributed by atoms with Crippen LogP contribution in [0, 0.1) is 29.0 Å². The number of hydrogen-bond acceptors (Lipinski definition) is 7. The first-order chi connectivity index (χ1) is 23.4. The molecule has 0 unspecified atom stereocenters. The molecule has 0 saturated heterocycles. The van der Waals surface area contributed by atoms with Gasteiger partial charge in [0.2, 0.25) is 11.8 Å². The number of nitriles is 1. The summed E-state index contributed by atoms with van der Waals surface area (Å²) >= 11 is 0. The number of alkyl carbamates (subject to hydrolysis) is 1. The summed E-state index contributed by atoms with van der Waals surface area (Å²) in [5.74, 6) is -0.532. The minimum absolute atomic E-state index is 0.0613. The molecule has 2 aromatic carbocycles. The molecule has 4 aromatic rings. The van der Waals surface area contributed by atoms with E-state index in [2.05, 4.69) is 30.9 Å². The lowest BCUT2D eigenvalue weighted by atomic mass is 9.81. The standard InChI is InChI=1S/C36H38FN7O4/c37-30-18-27(13-14-28(30)19-38)32-22-41-34(43-32)31(15-16-33(45)40-21-29-8-4-5-17-39-29)44-35(46)26-11-9-24(10-12-26)20-42-36(47)48-23-25-6-2-1-3-7-25/h1-8,13-14,17-18,22,24,26,31H,9-12,15-16,20-21,23H2,(H,40,45)(H,41,43)(H,42,47)(H,44,46)/t24-,26-,31-/m0/s1. The number of amides is 3. The van der Waals surface area contributed by atoms with Crippen LogP contribution >= 0.6 is 0 Å². The Kier molecular flexibility index (Phi) is 11.8. The first-order valence-electron chi connectivity index (χ1n) is 16.0. The second-order valence-corrected chi connectivity index (χ2v) is 11.8. The Balaban J connectivity index is 1.15. The number of nitrogens with zero attached hydrogens (tertiary/aromatic N) is 3. The average molecular weight is 652 g/mol. The summed E-state index contributed by atoms with van der Waals surface area (Å²) < 4.78 is 19.6. The molecule has 5 rings (SSSR count). The second kappa shape index (κ2) is 16.8. The van der Waals surface area contributed by atoms with Gasteiger partial charge in [-0.2, -0.15) is 5.26 Å². The summed E-state index contributed by atoms with van der Waals surface area (Å²) in [5.41, 5.74) is 2.60. The van der Waals surface area contributed by atoms with Gasteiger partial charge in [-0.1, -0.05) is 42.5 Å². The molecule has 1 fully saturated rings. The molecule has 2 heterocycles. The molecular weight excluding hydrogens is 613 g/mol. The van der Waals surface area contributed by atoms with Crippen LogP contribution in [0.2, 0.25) is 0 Å². The van der Waals surface area contributed by atoms with Crippen molar-refractivity contribution in [2.24, 2.45) is 11.8 Å². The zero-order valence-corrected chi connectivity index (χ0v) is 26.5. The molecule has 0 aliphatic heterocycles. The largest absolute Gasteiger partial charge is 0.445 e. The smallest absolute Gasteiger partial charge is 0.407 e. The van der Waals surface area contributed by atoms with Crippen molar-refractivity contribution >= 4 is 17.9 Å². The number of aromatic nitrogens is 3. The third kappa shape index (κ3) is 9.72. The minimum Gasteiger partial charge on any atom is -0.445 e. The Morgan fingerprint density at radius 1 is 1.00 bits per heavy atom. The van der Waals surface area contributed by atoms with E-state index < -0.39 is 18.0 Å². The van der Waals surface area contributed by atoms with Gasteiger partial charge in [0.05, 0.1) is 35.7 Å². The highest BCUT2D eigenvalue weighted by atomic mass is 19.1. The maximum absolute atomic E-state index is 14.3. The lowest BCUT2D eigenvalue weighted by Gasteiger charge is -2.29. The molecule has 0 bridgehead atoms. The van der Waals surface area contributed by atoms with Crippen molar-refractivity contribution in [3.63, 3.8) is 0 Å². The van der Waals surface area contributed by atoms with Crippen molar-refractivity contribution in [1.29, 1.82) is 5.26 Å². The van der Waals surface area contributed by atoms with Gasteiger partial charge in [0.1, 0.15) is 24.3 Å². The van der Waals surface area contributed by atoms with Crippen LogP contribution in [0.15, 0.2) is 79.1 Å². The molecule has 248 valence electrons. The van der Waals surface area contributed by atoms with Crippen molar-refractivity contribution in [1.82, 2.24) is 30.9 Å². The first kappa shape index (κ1) is 33.8. The van der Waals surface area contributed by atoms with Gasteiger partial charge in [-0.25, -0.2) is 14.2 Å². The summed E-state index contributed by atoms with van der Waals surface area (Å²) in [5, 5.41) is 17.9. The Morgan fingerprint density at radius 3 is 2.52 bits per heavy atom. The third-order valence-corrected chi connectivity index (χ3v) is 8.46. The second-order valence-electron chi connectivity index (χ2n) is 11.8. The van der Waals surface area contributed by atoms with Crippen LogP contribution in [0.5, 0.6) is 0 Å². The number of rotatable bonds is 13. The van der Waals surface area contributed by atoms with Crippen LogP contribution in [-0.2, 0) is 27.5 Å². The molecule has 0 spiro atoms. The SMILES string of the molecule is N#Cc1ccc(-c2cnc([C@H](CCC(=O)NCc3ccccn3)NC(=O)[C@H]3CC[C@H](CNC(=O)OCc4ccccc4)CC3)[nH]2)cc1F. The van der Waals surface area contributed by atoms with E-state index in [9.17, 15) is 18.8 Å². The maximum Gasteiger partial charge on any atom is 0.407 e. The van der Waals surface area contributed by atoms with Crippen LogP contribution in [0.1, 0.15) is 67.2 Å². The van der Waals surface area contributed by atoms with Crippen molar-refractivity contribution in [2.45, 2.75) is 57.7 Å². The molecule has 2 aromatic heterocycles. The maximum atomic E-state index is 14.3. The van der Waals surface area contributed by atoms with Gasteiger partial charge in [0.15, 0.2) is 0 Å². The molecule has 12 heteroatoms. The number of hydrogen-bond donors (Lipinski definition) is 4. The first-order valence-corrected chi connectivity index (χ1v) is 16.0. The molecule has 1 aliphatic carbocycles. The number of H-pyrrole nitrogens is 1. The van der Waals surface area contributed by atoms with E-state index in [1.165, 1.54) is 12.1 Å².